The van der Waals surface area contributed by atoms with Gasteiger partial charge in [0, 0.05) is 19.2 Å². The molecule has 0 saturated carbocycles. The molecular formula is C25H39BF3N3O5. The molecule has 8 nitrogen and oxygen atoms in total. The second-order valence-corrected chi connectivity index (χ2v) is 12.6. The molecule has 1 aromatic rings. The van der Waals surface area contributed by atoms with E-state index in [0.717, 1.165) is 9.80 Å². The lowest BCUT2D eigenvalue weighted by Gasteiger charge is -2.43. The molecule has 0 bridgehead atoms. The Morgan fingerprint density at radius 3 is 2.05 bits per heavy atom. The van der Waals surface area contributed by atoms with Crippen molar-refractivity contribution in [3.63, 3.8) is 0 Å². The number of alkyl halides is 3. The highest BCUT2D eigenvalue weighted by atomic mass is 19.4. The minimum atomic E-state index is -4.63. The summed E-state index contributed by atoms with van der Waals surface area (Å²) in [7, 11) is -0.818. The number of hydrogen-bond donors (Lipinski definition) is 0. The standard InChI is InChI=1S/C25H39BF3N3O5/c1-21(2,3)34-19-14-16(26-36-23(7,8)24(9,10)37-26)13-18(30-19)32-12-11-31(15-17(32)25(27,28)29)20(33)35-22(4,5)6/h13-14,17H,11-12,15H2,1-10H3/t17-/m1/s1. The van der Waals surface area contributed by atoms with Crippen molar-refractivity contribution in [1.82, 2.24) is 9.88 Å². The van der Waals surface area contributed by atoms with Crippen LogP contribution in [0.2, 0.25) is 0 Å². The van der Waals surface area contributed by atoms with Crippen LogP contribution in [0.5, 0.6) is 5.88 Å². The van der Waals surface area contributed by atoms with Crippen molar-refractivity contribution < 1.29 is 36.7 Å². The number of hydrogen-bond acceptors (Lipinski definition) is 7. The van der Waals surface area contributed by atoms with Gasteiger partial charge in [-0.3, -0.25) is 0 Å². The van der Waals surface area contributed by atoms with Gasteiger partial charge in [0.2, 0.25) is 5.88 Å². The molecule has 208 valence electrons. The smallest absolute Gasteiger partial charge is 0.472 e. The summed E-state index contributed by atoms with van der Waals surface area (Å²) in [4.78, 5) is 19.2. The van der Waals surface area contributed by atoms with Gasteiger partial charge in [0.25, 0.3) is 0 Å². The summed E-state index contributed by atoms with van der Waals surface area (Å²) in [6.07, 6.45) is -5.41. The Kier molecular flexibility index (Phi) is 7.55. The highest BCUT2D eigenvalue weighted by Crippen LogP contribution is 2.38. The molecule has 2 aliphatic rings. The van der Waals surface area contributed by atoms with Crippen molar-refractivity contribution in [3.8, 4) is 5.88 Å². The zero-order chi connectivity index (χ0) is 28.2. The van der Waals surface area contributed by atoms with E-state index < -0.39 is 54.4 Å². The molecule has 0 aromatic carbocycles. The molecule has 0 radical (unpaired) electrons. The van der Waals surface area contributed by atoms with E-state index >= 15 is 0 Å². The molecule has 12 heteroatoms. The van der Waals surface area contributed by atoms with Gasteiger partial charge >= 0.3 is 19.4 Å². The van der Waals surface area contributed by atoms with E-state index in [1.54, 1.807) is 32.9 Å². The van der Waals surface area contributed by atoms with E-state index in [2.05, 4.69) is 4.98 Å². The Morgan fingerprint density at radius 1 is 1.00 bits per heavy atom. The van der Waals surface area contributed by atoms with Crippen molar-refractivity contribution in [2.75, 3.05) is 24.5 Å². The molecule has 37 heavy (non-hydrogen) atoms. The number of pyridine rings is 1. The number of carbonyl (C=O) groups is 1. The molecule has 3 rings (SSSR count). The first-order chi connectivity index (χ1) is 16.6. The topological polar surface area (TPSA) is 73.4 Å². The lowest BCUT2D eigenvalue weighted by Crippen LogP contribution is -2.61. The van der Waals surface area contributed by atoms with Crippen LogP contribution in [-0.2, 0) is 14.0 Å². The first-order valence-corrected chi connectivity index (χ1v) is 12.5. The monoisotopic (exact) mass is 529 g/mol. The fraction of sp³-hybridized carbons (Fsp3) is 0.760. The van der Waals surface area contributed by atoms with Gasteiger partial charge in [0.15, 0.2) is 0 Å². The van der Waals surface area contributed by atoms with E-state index in [1.807, 2.05) is 48.5 Å². The predicted molar refractivity (Wildman–Crippen MR) is 135 cm³/mol. The predicted octanol–water partition coefficient (Wildman–Crippen LogP) is 4.55. The summed E-state index contributed by atoms with van der Waals surface area (Å²) >= 11 is 0. The van der Waals surface area contributed by atoms with Crippen LogP contribution in [-0.4, -0.2) is 77.4 Å². The number of aromatic nitrogens is 1. The van der Waals surface area contributed by atoms with Crippen molar-refractivity contribution in [2.45, 2.75) is 104 Å². The number of halogens is 3. The summed E-state index contributed by atoms with van der Waals surface area (Å²) < 4.78 is 66.5. The minimum Gasteiger partial charge on any atom is -0.472 e. The van der Waals surface area contributed by atoms with Crippen LogP contribution in [0.1, 0.15) is 69.2 Å². The van der Waals surface area contributed by atoms with Gasteiger partial charge in [-0.05, 0) is 80.8 Å². The van der Waals surface area contributed by atoms with Gasteiger partial charge in [-0.1, -0.05) is 0 Å². The molecular weight excluding hydrogens is 490 g/mol. The Hall–Kier alpha value is -2.21. The van der Waals surface area contributed by atoms with Gasteiger partial charge in [0.1, 0.15) is 23.1 Å². The lowest BCUT2D eigenvalue weighted by molar-refractivity contribution is -0.155. The largest absolute Gasteiger partial charge is 0.495 e. The van der Waals surface area contributed by atoms with E-state index in [4.69, 9.17) is 18.8 Å². The zero-order valence-electron chi connectivity index (χ0n) is 23.4. The fourth-order valence-corrected chi connectivity index (χ4v) is 3.97. The summed E-state index contributed by atoms with van der Waals surface area (Å²) in [6.45, 7) is 17.4. The maximum Gasteiger partial charge on any atom is 0.495 e. The third kappa shape index (κ3) is 7.01. The van der Waals surface area contributed by atoms with Crippen molar-refractivity contribution in [2.24, 2.45) is 0 Å². The maximum atomic E-state index is 14.3. The van der Waals surface area contributed by atoms with E-state index in [1.165, 1.54) is 0 Å². The van der Waals surface area contributed by atoms with Crippen molar-refractivity contribution >= 4 is 24.5 Å². The van der Waals surface area contributed by atoms with Crippen LogP contribution in [0, 0.1) is 0 Å². The third-order valence-corrected chi connectivity index (χ3v) is 6.45. The van der Waals surface area contributed by atoms with Crippen LogP contribution in [0.4, 0.5) is 23.8 Å². The molecule has 0 spiro atoms. The Bertz CT molecular complexity index is 989. The van der Waals surface area contributed by atoms with Gasteiger partial charge in [-0.2, -0.15) is 18.2 Å². The molecule has 0 unspecified atom stereocenters. The molecule has 1 aromatic heterocycles. The molecule has 1 atom stereocenters. The third-order valence-electron chi connectivity index (χ3n) is 6.45. The van der Waals surface area contributed by atoms with Crippen LogP contribution in [0.15, 0.2) is 12.1 Å². The van der Waals surface area contributed by atoms with E-state index in [9.17, 15) is 18.0 Å². The maximum absolute atomic E-state index is 14.3. The molecule has 2 saturated heterocycles. The lowest BCUT2D eigenvalue weighted by atomic mass is 9.79. The number of rotatable bonds is 3. The summed E-state index contributed by atoms with van der Waals surface area (Å²) in [5.74, 6) is 0.225. The molecule has 2 aliphatic heterocycles. The molecule has 0 N–H and O–H groups in total. The second kappa shape index (κ2) is 9.52. The highest BCUT2D eigenvalue weighted by Gasteiger charge is 2.53. The van der Waals surface area contributed by atoms with Crippen molar-refractivity contribution in [1.29, 1.82) is 0 Å². The fourth-order valence-electron chi connectivity index (χ4n) is 3.97. The van der Waals surface area contributed by atoms with Crippen molar-refractivity contribution in [3.05, 3.63) is 12.1 Å². The Morgan fingerprint density at radius 2 is 1.57 bits per heavy atom. The highest BCUT2D eigenvalue weighted by molar-refractivity contribution is 6.62. The second-order valence-electron chi connectivity index (χ2n) is 12.6. The molecule has 3 heterocycles. The van der Waals surface area contributed by atoms with E-state index in [-0.39, 0.29) is 24.8 Å². The Labute approximate surface area is 217 Å². The molecule has 2 fully saturated rings. The number of amides is 1. The summed E-state index contributed by atoms with van der Waals surface area (Å²) in [6, 6.07) is 1.19. The van der Waals surface area contributed by atoms with Gasteiger partial charge in [-0.25, -0.2) is 4.79 Å². The normalized spacial score (nSPS) is 22.3. The SMILES string of the molecule is CC(C)(C)OC(=O)N1CCN(c2cc(B3OC(C)(C)C(C)(C)O3)cc(OC(C)(C)C)n2)[C@@H](C(F)(F)F)C1. The first-order valence-electron chi connectivity index (χ1n) is 12.5. The number of anilines is 1. The van der Waals surface area contributed by atoms with Crippen LogP contribution >= 0.6 is 0 Å². The zero-order valence-corrected chi connectivity index (χ0v) is 23.4. The number of nitrogens with zero attached hydrogens (tertiary/aromatic N) is 3. The molecule has 0 aliphatic carbocycles. The van der Waals surface area contributed by atoms with Crippen LogP contribution in [0.25, 0.3) is 0 Å². The van der Waals surface area contributed by atoms with E-state index in [0.29, 0.717) is 5.46 Å². The van der Waals surface area contributed by atoms with Gasteiger partial charge in [0.05, 0.1) is 17.7 Å². The molecule has 1 amide bonds. The van der Waals surface area contributed by atoms with Gasteiger partial charge < -0.3 is 28.6 Å². The first kappa shape index (κ1) is 29.4. The number of carbonyl (C=O) groups excluding carboxylic acids is 1. The van der Waals surface area contributed by atoms with Crippen LogP contribution in [0.3, 0.4) is 0 Å². The van der Waals surface area contributed by atoms with Crippen LogP contribution < -0.4 is 15.1 Å². The Balaban J connectivity index is 1.99. The summed E-state index contributed by atoms with van der Waals surface area (Å²) in [5.41, 5.74) is -2.24. The average molecular weight is 529 g/mol. The quantitative estimate of drug-likeness (QED) is 0.533. The minimum absolute atomic E-state index is 0.0410. The summed E-state index contributed by atoms with van der Waals surface area (Å²) in [5, 5.41) is 0. The van der Waals surface area contributed by atoms with Gasteiger partial charge in [-0.15, -0.1) is 0 Å². The average Bonchev–Trinajstić information content (AvgIpc) is 2.91. The number of piperazine rings is 1. The number of ether oxygens (including phenoxy) is 2.